The van der Waals surface area contributed by atoms with Crippen molar-refractivity contribution in [2.75, 3.05) is 5.88 Å². The monoisotopic (exact) mass is 209 g/mol. The molecule has 0 bridgehead atoms. The normalized spacial score (nSPS) is 10.6. The van der Waals surface area contributed by atoms with Gasteiger partial charge in [-0.3, -0.25) is 0 Å². The number of nitriles is 1. The van der Waals surface area contributed by atoms with Crippen LogP contribution in [-0.2, 0) is 10.7 Å². The van der Waals surface area contributed by atoms with Crippen LogP contribution in [-0.4, -0.2) is 14.3 Å². The molecule has 0 saturated heterocycles. The van der Waals surface area contributed by atoms with Crippen LogP contribution in [0.1, 0.15) is 5.56 Å². The third-order valence-electron chi connectivity index (χ3n) is 1.36. The molecule has 0 fully saturated rings. The first kappa shape index (κ1) is 10.3. The van der Waals surface area contributed by atoms with E-state index >= 15 is 0 Å². The summed E-state index contributed by atoms with van der Waals surface area (Å²) in [5, 5.41) is 15.6. The molecule has 5 nitrogen and oxygen atoms in total. The van der Waals surface area contributed by atoms with Gasteiger partial charge >= 0.3 is 0 Å². The highest BCUT2D eigenvalue weighted by atomic mass is 32.2. The second-order valence-corrected chi connectivity index (χ2v) is 3.32. The lowest BCUT2D eigenvalue weighted by Gasteiger charge is -1.90. The molecule has 0 saturated carbocycles. The van der Waals surface area contributed by atoms with E-state index in [0.29, 0.717) is 11.3 Å². The molecule has 0 atom stereocenters. The van der Waals surface area contributed by atoms with Crippen LogP contribution in [0.15, 0.2) is 34.5 Å². The Morgan fingerprint density at radius 2 is 1.93 bits per heavy atom. The Kier molecular flexibility index (Phi) is 3.76. The molecule has 1 rings (SSSR count). The Labute approximate surface area is 82.7 Å². The van der Waals surface area contributed by atoms with Gasteiger partial charge in [-0.2, -0.15) is 15.5 Å². The molecule has 0 amide bonds. The minimum absolute atomic E-state index is 0.310. The van der Waals surface area contributed by atoms with Crippen molar-refractivity contribution in [3.63, 3.8) is 0 Å². The molecule has 72 valence electrons. The van der Waals surface area contributed by atoms with E-state index in [1.807, 2.05) is 6.07 Å². The molecular formula is C8H7N3O2S. The highest BCUT2D eigenvalue weighted by molar-refractivity contribution is 7.72. The van der Waals surface area contributed by atoms with Crippen LogP contribution >= 0.6 is 0 Å². The molecule has 0 radical (unpaired) electrons. The van der Waals surface area contributed by atoms with Crippen molar-refractivity contribution in [2.45, 2.75) is 0 Å². The molecule has 1 aromatic rings. The Morgan fingerprint density at radius 3 is 2.43 bits per heavy atom. The average Bonchev–Trinajstić information content (AvgIpc) is 2.18. The number of nitrogens with zero attached hydrogens (tertiary/aromatic N) is 3. The van der Waals surface area contributed by atoms with Crippen molar-refractivity contribution in [1.29, 1.82) is 5.26 Å². The van der Waals surface area contributed by atoms with Crippen molar-refractivity contribution < 1.29 is 8.42 Å². The van der Waals surface area contributed by atoms with E-state index in [9.17, 15) is 8.42 Å². The summed E-state index contributed by atoms with van der Waals surface area (Å²) in [6.07, 6.45) is 0. The molecule has 0 aliphatic rings. The predicted molar refractivity (Wildman–Crippen MR) is 50.9 cm³/mol. The number of rotatable bonds is 3. The Balaban J connectivity index is 2.69. The van der Waals surface area contributed by atoms with E-state index in [-0.39, 0.29) is 5.88 Å². The summed E-state index contributed by atoms with van der Waals surface area (Å²) >= 11 is 0. The Morgan fingerprint density at radius 1 is 1.29 bits per heavy atom. The molecule has 0 aromatic heterocycles. The standard InChI is InChI=1S/C8H7N3O2S/c9-5-7-1-3-8(4-2-7)11-10-6-14(12)13/h1-4,14H,6H2. The number of thiol groups is 1. The summed E-state index contributed by atoms with van der Waals surface area (Å²) < 4.78 is 20.3. The van der Waals surface area contributed by atoms with Gasteiger partial charge < -0.3 is 0 Å². The molecule has 1 aromatic carbocycles. The van der Waals surface area contributed by atoms with Gasteiger partial charge in [-0.25, -0.2) is 8.42 Å². The number of benzene rings is 1. The summed E-state index contributed by atoms with van der Waals surface area (Å²) in [5.41, 5.74) is 1.06. The molecular weight excluding hydrogens is 202 g/mol. The fraction of sp³-hybridized carbons (Fsp3) is 0.125. The first-order chi connectivity index (χ1) is 6.72. The van der Waals surface area contributed by atoms with Crippen molar-refractivity contribution in [1.82, 2.24) is 0 Å². The van der Waals surface area contributed by atoms with E-state index < -0.39 is 10.7 Å². The SMILES string of the molecule is N#Cc1ccc(N=NC[SH](=O)=O)cc1. The average molecular weight is 209 g/mol. The summed E-state index contributed by atoms with van der Waals surface area (Å²) in [5.74, 6) is -0.310. The zero-order chi connectivity index (χ0) is 10.4. The molecule has 14 heavy (non-hydrogen) atoms. The zero-order valence-electron chi connectivity index (χ0n) is 7.12. The highest BCUT2D eigenvalue weighted by Gasteiger charge is 1.90. The lowest BCUT2D eigenvalue weighted by molar-refractivity contribution is 0.614. The maximum atomic E-state index is 10.1. The van der Waals surface area contributed by atoms with Gasteiger partial charge in [-0.15, -0.1) is 0 Å². The number of hydrogen-bond acceptors (Lipinski definition) is 5. The third-order valence-corrected chi connectivity index (χ3v) is 1.72. The lowest BCUT2D eigenvalue weighted by Crippen LogP contribution is -1.78. The maximum absolute atomic E-state index is 10.1. The third kappa shape index (κ3) is 3.33. The van der Waals surface area contributed by atoms with Gasteiger partial charge in [-0.05, 0) is 24.3 Å². The van der Waals surface area contributed by atoms with Crippen LogP contribution in [0.2, 0.25) is 0 Å². The summed E-state index contributed by atoms with van der Waals surface area (Å²) in [4.78, 5) is 0. The van der Waals surface area contributed by atoms with Gasteiger partial charge in [0.1, 0.15) is 0 Å². The molecule has 0 spiro atoms. The predicted octanol–water partition coefficient (Wildman–Crippen LogP) is 1.21. The van der Waals surface area contributed by atoms with Crippen LogP contribution in [0.25, 0.3) is 0 Å². The van der Waals surface area contributed by atoms with Crippen LogP contribution in [0, 0.1) is 11.3 Å². The summed E-state index contributed by atoms with van der Waals surface area (Å²) in [6, 6.07) is 8.33. The van der Waals surface area contributed by atoms with Crippen molar-refractivity contribution >= 4 is 16.4 Å². The largest absolute Gasteiger partial charge is 0.230 e. The van der Waals surface area contributed by atoms with E-state index in [0.717, 1.165) is 0 Å². The minimum Gasteiger partial charge on any atom is -0.230 e. The minimum atomic E-state index is -2.52. The van der Waals surface area contributed by atoms with E-state index in [1.54, 1.807) is 24.3 Å². The second kappa shape index (κ2) is 5.09. The zero-order valence-corrected chi connectivity index (χ0v) is 8.02. The quantitative estimate of drug-likeness (QED) is 0.600. The number of hydrogen-bond donors (Lipinski definition) is 1. The molecule has 6 heteroatoms. The summed E-state index contributed by atoms with van der Waals surface area (Å²) in [7, 11) is -2.52. The lowest BCUT2D eigenvalue weighted by atomic mass is 10.2. The first-order valence-corrected chi connectivity index (χ1v) is 5.08. The number of azo groups is 1. The molecule has 0 aliphatic heterocycles. The topological polar surface area (TPSA) is 82.7 Å². The molecule has 0 unspecified atom stereocenters. The van der Waals surface area contributed by atoms with E-state index in [1.165, 1.54) is 0 Å². The van der Waals surface area contributed by atoms with E-state index in [4.69, 9.17) is 5.26 Å². The van der Waals surface area contributed by atoms with Crippen LogP contribution in [0.5, 0.6) is 0 Å². The second-order valence-electron chi connectivity index (χ2n) is 2.37. The highest BCUT2D eigenvalue weighted by Crippen LogP contribution is 2.12. The van der Waals surface area contributed by atoms with Gasteiger partial charge in [0, 0.05) is 0 Å². The Hall–Kier alpha value is -1.74. The maximum Gasteiger partial charge on any atom is 0.162 e. The summed E-state index contributed by atoms with van der Waals surface area (Å²) in [6.45, 7) is 0. The van der Waals surface area contributed by atoms with Crippen LogP contribution in [0.3, 0.4) is 0 Å². The van der Waals surface area contributed by atoms with Crippen LogP contribution < -0.4 is 0 Å². The van der Waals surface area contributed by atoms with Gasteiger partial charge in [-0.1, -0.05) is 0 Å². The fourth-order valence-corrected chi connectivity index (χ4v) is 0.934. The molecule has 0 aliphatic carbocycles. The first-order valence-electron chi connectivity index (χ1n) is 3.72. The molecule has 0 N–H and O–H groups in total. The van der Waals surface area contributed by atoms with Gasteiger partial charge in [0.25, 0.3) is 0 Å². The van der Waals surface area contributed by atoms with Crippen LogP contribution in [0.4, 0.5) is 5.69 Å². The van der Waals surface area contributed by atoms with Gasteiger partial charge in [0.15, 0.2) is 16.6 Å². The molecule has 0 heterocycles. The van der Waals surface area contributed by atoms with E-state index in [2.05, 4.69) is 10.2 Å². The van der Waals surface area contributed by atoms with Gasteiger partial charge in [0.05, 0.1) is 17.3 Å². The van der Waals surface area contributed by atoms with Gasteiger partial charge in [0.2, 0.25) is 0 Å². The Bertz CT molecular complexity index is 435. The fourth-order valence-electron chi connectivity index (χ4n) is 0.768. The van der Waals surface area contributed by atoms with Crippen molar-refractivity contribution in [3.05, 3.63) is 29.8 Å². The van der Waals surface area contributed by atoms with Crippen molar-refractivity contribution in [3.8, 4) is 6.07 Å². The smallest absolute Gasteiger partial charge is 0.162 e. The van der Waals surface area contributed by atoms with Crippen molar-refractivity contribution in [2.24, 2.45) is 10.2 Å².